The van der Waals surface area contributed by atoms with E-state index in [1.54, 1.807) is 24.3 Å². The van der Waals surface area contributed by atoms with Gasteiger partial charge in [-0.3, -0.25) is 0 Å². The van der Waals surface area contributed by atoms with Crippen molar-refractivity contribution >= 4 is 23.3 Å². The molecule has 0 spiro atoms. The Labute approximate surface area is 106 Å². The highest BCUT2D eigenvalue weighted by molar-refractivity contribution is 6.30. The maximum absolute atomic E-state index is 11.6. The lowest BCUT2D eigenvalue weighted by Crippen LogP contribution is -2.37. The quantitative estimate of drug-likeness (QED) is 0.863. The molecule has 0 aromatic heterocycles. The van der Waals surface area contributed by atoms with Crippen molar-refractivity contribution < 1.29 is 4.79 Å². The van der Waals surface area contributed by atoms with Crippen molar-refractivity contribution in [2.24, 2.45) is 0 Å². The van der Waals surface area contributed by atoms with Crippen molar-refractivity contribution in [1.82, 2.24) is 5.32 Å². The van der Waals surface area contributed by atoms with Crippen molar-refractivity contribution in [1.29, 1.82) is 5.26 Å². The number of urea groups is 1. The first kappa shape index (κ1) is 13.3. The number of carbonyl (C=O) groups excluding carboxylic acids is 1. The summed E-state index contributed by atoms with van der Waals surface area (Å²) in [6.45, 7) is 1.92. The Morgan fingerprint density at radius 2 is 2.12 bits per heavy atom. The van der Waals surface area contributed by atoms with E-state index in [-0.39, 0.29) is 12.1 Å². The number of rotatable bonds is 4. The predicted octanol–water partition coefficient (Wildman–Crippen LogP) is 3.15. The normalized spacial score (nSPS) is 11.4. The molecule has 5 heteroatoms. The molecule has 0 radical (unpaired) electrons. The van der Waals surface area contributed by atoms with Gasteiger partial charge in [0.05, 0.1) is 12.5 Å². The minimum atomic E-state index is -0.311. The van der Waals surface area contributed by atoms with E-state index in [9.17, 15) is 4.79 Å². The maximum Gasteiger partial charge on any atom is 0.319 e. The van der Waals surface area contributed by atoms with Crippen LogP contribution in [0.5, 0.6) is 0 Å². The maximum atomic E-state index is 11.6. The average molecular weight is 252 g/mol. The standard InChI is InChI=1S/C12H14ClN3O/c1-2-10(7-8-14)15-12(17)16-11-5-3-9(13)4-6-11/h3-6,10H,2,7H2,1H3,(H2,15,16,17). The van der Waals surface area contributed by atoms with E-state index in [0.717, 1.165) is 6.42 Å². The Hall–Kier alpha value is -1.73. The molecule has 0 aliphatic carbocycles. The SMILES string of the molecule is CCC(CC#N)NC(=O)Nc1ccc(Cl)cc1. The second-order valence-corrected chi connectivity index (χ2v) is 4.01. The monoisotopic (exact) mass is 251 g/mol. The van der Waals surface area contributed by atoms with Gasteiger partial charge < -0.3 is 10.6 Å². The zero-order valence-corrected chi connectivity index (χ0v) is 10.3. The number of amides is 2. The molecule has 4 nitrogen and oxygen atoms in total. The van der Waals surface area contributed by atoms with Crippen LogP contribution in [-0.2, 0) is 0 Å². The van der Waals surface area contributed by atoms with Crippen LogP contribution in [0.3, 0.4) is 0 Å². The van der Waals surface area contributed by atoms with Gasteiger partial charge in [-0.2, -0.15) is 5.26 Å². The largest absolute Gasteiger partial charge is 0.334 e. The number of anilines is 1. The molecule has 2 amide bonds. The molecule has 0 aliphatic rings. The number of nitrogens with one attached hydrogen (secondary N) is 2. The van der Waals surface area contributed by atoms with Crippen molar-refractivity contribution in [3.8, 4) is 6.07 Å². The van der Waals surface area contributed by atoms with Gasteiger partial charge in [0.1, 0.15) is 0 Å². The summed E-state index contributed by atoms with van der Waals surface area (Å²) in [4.78, 5) is 11.6. The molecule has 1 aromatic carbocycles. The third-order valence-electron chi connectivity index (χ3n) is 2.27. The highest BCUT2D eigenvalue weighted by Gasteiger charge is 2.09. The van der Waals surface area contributed by atoms with Crippen molar-refractivity contribution in [2.75, 3.05) is 5.32 Å². The lowest BCUT2D eigenvalue weighted by Gasteiger charge is -2.14. The van der Waals surface area contributed by atoms with Gasteiger partial charge in [0.2, 0.25) is 0 Å². The second kappa shape index (κ2) is 6.77. The van der Waals surface area contributed by atoms with E-state index in [2.05, 4.69) is 10.6 Å². The topological polar surface area (TPSA) is 64.9 Å². The van der Waals surface area contributed by atoms with E-state index in [4.69, 9.17) is 16.9 Å². The Morgan fingerprint density at radius 3 is 2.65 bits per heavy atom. The molecule has 0 bridgehead atoms. The van der Waals surface area contributed by atoms with Gasteiger partial charge in [-0.1, -0.05) is 18.5 Å². The van der Waals surface area contributed by atoms with E-state index in [1.807, 2.05) is 13.0 Å². The number of halogens is 1. The molecule has 0 saturated carbocycles. The van der Waals surface area contributed by atoms with E-state index in [1.165, 1.54) is 0 Å². The zero-order chi connectivity index (χ0) is 12.7. The molecule has 0 aliphatic heterocycles. The number of benzene rings is 1. The molecule has 17 heavy (non-hydrogen) atoms. The van der Waals surface area contributed by atoms with Gasteiger partial charge in [0.25, 0.3) is 0 Å². The van der Waals surface area contributed by atoms with Crippen LogP contribution in [0.2, 0.25) is 5.02 Å². The highest BCUT2D eigenvalue weighted by atomic mass is 35.5. The van der Waals surface area contributed by atoms with Crippen LogP contribution in [-0.4, -0.2) is 12.1 Å². The minimum absolute atomic E-state index is 0.118. The highest BCUT2D eigenvalue weighted by Crippen LogP contribution is 2.13. The molecular formula is C12H14ClN3O. The second-order valence-electron chi connectivity index (χ2n) is 3.57. The van der Waals surface area contributed by atoms with Crippen molar-refractivity contribution in [2.45, 2.75) is 25.8 Å². The van der Waals surface area contributed by atoms with Crippen LogP contribution in [0.4, 0.5) is 10.5 Å². The Morgan fingerprint density at radius 1 is 1.47 bits per heavy atom. The first-order valence-electron chi connectivity index (χ1n) is 5.35. The van der Waals surface area contributed by atoms with Gasteiger partial charge in [-0.05, 0) is 30.7 Å². The Balaban J connectivity index is 2.49. The molecule has 1 rings (SSSR count). The van der Waals surface area contributed by atoms with Gasteiger partial charge >= 0.3 is 6.03 Å². The first-order chi connectivity index (χ1) is 8.15. The summed E-state index contributed by atoms with van der Waals surface area (Å²) < 4.78 is 0. The number of carbonyl (C=O) groups is 1. The van der Waals surface area contributed by atoms with Crippen LogP contribution in [0.25, 0.3) is 0 Å². The Bertz CT molecular complexity index is 411. The van der Waals surface area contributed by atoms with Crippen molar-refractivity contribution in [3.63, 3.8) is 0 Å². The number of nitriles is 1. The molecule has 2 N–H and O–H groups in total. The first-order valence-corrected chi connectivity index (χ1v) is 5.73. The summed E-state index contributed by atoms with van der Waals surface area (Å²) in [6, 6.07) is 8.43. The average Bonchev–Trinajstić information content (AvgIpc) is 2.31. The van der Waals surface area contributed by atoms with Gasteiger partial charge in [-0.15, -0.1) is 0 Å². The smallest absolute Gasteiger partial charge is 0.319 e. The molecule has 0 saturated heterocycles. The van der Waals surface area contributed by atoms with Crippen LogP contribution in [0.1, 0.15) is 19.8 Å². The lowest BCUT2D eigenvalue weighted by atomic mass is 10.2. The zero-order valence-electron chi connectivity index (χ0n) is 9.53. The van der Waals surface area contributed by atoms with E-state index in [0.29, 0.717) is 17.1 Å². The van der Waals surface area contributed by atoms with Crippen LogP contribution >= 0.6 is 11.6 Å². The lowest BCUT2D eigenvalue weighted by molar-refractivity contribution is 0.248. The van der Waals surface area contributed by atoms with E-state index < -0.39 is 0 Å². The molecule has 1 unspecified atom stereocenters. The molecule has 0 fully saturated rings. The number of nitrogens with zero attached hydrogens (tertiary/aromatic N) is 1. The molecule has 90 valence electrons. The van der Waals surface area contributed by atoms with Crippen LogP contribution in [0, 0.1) is 11.3 Å². The fourth-order valence-electron chi connectivity index (χ4n) is 1.29. The minimum Gasteiger partial charge on any atom is -0.334 e. The Kier molecular flexibility index (Phi) is 5.31. The van der Waals surface area contributed by atoms with E-state index >= 15 is 0 Å². The van der Waals surface area contributed by atoms with Crippen LogP contribution < -0.4 is 10.6 Å². The predicted molar refractivity (Wildman–Crippen MR) is 67.9 cm³/mol. The molecule has 1 aromatic rings. The van der Waals surface area contributed by atoms with Gasteiger partial charge in [-0.25, -0.2) is 4.79 Å². The third kappa shape index (κ3) is 4.75. The summed E-state index contributed by atoms with van der Waals surface area (Å²) in [5, 5.41) is 14.6. The summed E-state index contributed by atoms with van der Waals surface area (Å²) in [6.07, 6.45) is 1.03. The molecule has 0 heterocycles. The number of hydrogen-bond acceptors (Lipinski definition) is 2. The van der Waals surface area contributed by atoms with Crippen molar-refractivity contribution in [3.05, 3.63) is 29.3 Å². The van der Waals surface area contributed by atoms with Crippen LogP contribution in [0.15, 0.2) is 24.3 Å². The summed E-state index contributed by atoms with van der Waals surface area (Å²) in [5.41, 5.74) is 0.665. The van der Waals surface area contributed by atoms with Gasteiger partial charge in [0, 0.05) is 16.8 Å². The number of hydrogen-bond donors (Lipinski definition) is 2. The fourth-order valence-corrected chi connectivity index (χ4v) is 1.42. The molecule has 1 atom stereocenters. The summed E-state index contributed by atoms with van der Waals surface area (Å²) in [7, 11) is 0. The summed E-state index contributed by atoms with van der Waals surface area (Å²) in [5.74, 6) is 0. The molecular weight excluding hydrogens is 238 g/mol. The third-order valence-corrected chi connectivity index (χ3v) is 2.52. The fraction of sp³-hybridized carbons (Fsp3) is 0.333. The summed E-state index contributed by atoms with van der Waals surface area (Å²) >= 11 is 5.73. The van der Waals surface area contributed by atoms with Gasteiger partial charge in [0.15, 0.2) is 0 Å².